The summed E-state index contributed by atoms with van der Waals surface area (Å²) in [6.07, 6.45) is 2.01. The summed E-state index contributed by atoms with van der Waals surface area (Å²) in [6, 6.07) is 8.27. The Morgan fingerprint density at radius 2 is 1.93 bits per heavy atom. The van der Waals surface area contributed by atoms with E-state index in [1.807, 2.05) is 6.26 Å². The molecule has 0 atom stereocenters. The van der Waals surface area contributed by atoms with E-state index < -0.39 is 0 Å². The molecule has 0 spiro atoms. The average Bonchev–Trinajstić information content (AvgIpc) is 2.67. The van der Waals surface area contributed by atoms with Gasteiger partial charge in [0.2, 0.25) is 0 Å². The number of hydrogen-bond donors (Lipinski definition) is 0. The van der Waals surface area contributed by atoms with E-state index in [4.69, 9.17) is 0 Å². The molecule has 0 N–H and O–H groups in total. The van der Waals surface area contributed by atoms with Gasteiger partial charge in [-0.15, -0.1) is 0 Å². The van der Waals surface area contributed by atoms with Gasteiger partial charge in [0, 0.05) is 5.56 Å². The van der Waals surface area contributed by atoms with Gasteiger partial charge in [-0.2, -0.15) is 4.37 Å². The van der Waals surface area contributed by atoms with Crippen LogP contribution in [0.15, 0.2) is 28.6 Å². The Hall–Kier alpha value is -0.870. The average molecular weight is 222 g/mol. The van der Waals surface area contributed by atoms with Gasteiger partial charge < -0.3 is 0 Å². The number of rotatable bonds is 2. The highest BCUT2D eigenvalue weighted by atomic mass is 32.2. The highest BCUT2D eigenvalue weighted by Crippen LogP contribution is 2.23. The topological polar surface area (TPSA) is 25.8 Å². The van der Waals surface area contributed by atoms with Crippen LogP contribution in [-0.2, 0) is 0 Å². The van der Waals surface area contributed by atoms with E-state index in [1.165, 1.54) is 17.1 Å². The second-order valence-electron chi connectivity index (χ2n) is 2.95. The molecular weight excluding hydrogens is 212 g/mol. The van der Waals surface area contributed by atoms with Gasteiger partial charge in [0.05, 0.1) is 0 Å². The third kappa shape index (κ3) is 1.96. The Morgan fingerprint density at radius 3 is 2.50 bits per heavy atom. The molecule has 0 saturated heterocycles. The molecule has 4 heteroatoms. The zero-order chi connectivity index (χ0) is 9.97. The van der Waals surface area contributed by atoms with Crippen LogP contribution in [0.2, 0.25) is 0 Å². The molecule has 1 aromatic carbocycles. The van der Waals surface area contributed by atoms with Crippen LogP contribution in [0.1, 0.15) is 5.56 Å². The van der Waals surface area contributed by atoms with E-state index in [2.05, 4.69) is 40.5 Å². The third-order valence-electron chi connectivity index (χ3n) is 1.89. The lowest BCUT2D eigenvalue weighted by molar-refractivity contribution is 1.22. The maximum Gasteiger partial charge on any atom is 0.174 e. The minimum atomic E-state index is 0.833. The van der Waals surface area contributed by atoms with E-state index in [-0.39, 0.29) is 0 Å². The molecule has 0 aliphatic carbocycles. The van der Waals surface area contributed by atoms with E-state index in [0.717, 1.165) is 15.7 Å². The van der Waals surface area contributed by atoms with Crippen LogP contribution >= 0.6 is 23.3 Å². The second kappa shape index (κ2) is 4.11. The van der Waals surface area contributed by atoms with Gasteiger partial charge >= 0.3 is 0 Å². The van der Waals surface area contributed by atoms with Crippen LogP contribution in [0.25, 0.3) is 11.4 Å². The largest absolute Gasteiger partial charge is 0.208 e. The van der Waals surface area contributed by atoms with Gasteiger partial charge in [-0.1, -0.05) is 41.6 Å². The molecule has 0 aliphatic heterocycles. The van der Waals surface area contributed by atoms with Crippen molar-refractivity contribution < 1.29 is 0 Å². The van der Waals surface area contributed by atoms with Gasteiger partial charge in [0.25, 0.3) is 0 Å². The highest BCUT2D eigenvalue weighted by Gasteiger charge is 2.04. The van der Waals surface area contributed by atoms with Crippen LogP contribution in [0.5, 0.6) is 0 Å². The van der Waals surface area contributed by atoms with E-state index in [9.17, 15) is 0 Å². The second-order valence-corrected chi connectivity index (χ2v) is 4.76. The first kappa shape index (κ1) is 9.68. The van der Waals surface area contributed by atoms with Gasteiger partial charge in [-0.3, -0.25) is 0 Å². The van der Waals surface area contributed by atoms with Crippen molar-refractivity contribution in [1.29, 1.82) is 0 Å². The van der Waals surface area contributed by atoms with Gasteiger partial charge in [-0.05, 0) is 24.7 Å². The summed E-state index contributed by atoms with van der Waals surface area (Å²) in [5.74, 6) is 0.833. The Bertz CT molecular complexity index is 420. The predicted octanol–water partition coefficient (Wildman–Crippen LogP) is 3.24. The van der Waals surface area contributed by atoms with Crippen LogP contribution < -0.4 is 0 Å². The molecule has 2 rings (SSSR count). The van der Waals surface area contributed by atoms with Crippen LogP contribution in [0.3, 0.4) is 0 Å². The van der Waals surface area contributed by atoms with Crippen LogP contribution in [-0.4, -0.2) is 15.6 Å². The maximum atomic E-state index is 4.40. The lowest BCUT2D eigenvalue weighted by atomic mass is 10.1. The first-order valence-electron chi connectivity index (χ1n) is 4.24. The number of thioether (sulfide) groups is 1. The molecule has 0 fully saturated rings. The highest BCUT2D eigenvalue weighted by molar-refractivity contribution is 8.00. The molecule has 72 valence electrons. The smallest absolute Gasteiger partial charge is 0.174 e. The monoisotopic (exact) mass is 222 g/mol. The normalized spacial score (nSPS) is 10.4. The van der Waals surface area contributed by atoms with E-state index in [0.29, 0.717) is 0 Å². The fraction of sp³-hybridized carbons (Fsp3) is 0.200. The molecule has 14 heavy (non-hydrogen) atoms. The minimum Gasteiger partial charge on any atom is -0.208 e. The summed E-state index contributed by atoms with van der Waals surface area (Å²) in [5, 5.41) is 0. The molecule has 0 bridgehead atoms. The number of aromatic nitrogens is 2. The molecule has 0 unspecified atom stereocenters. The summed E-state index contributed by atoms with van der Waals surface area (Å²) < 4.78 is 5.31. The Labute approximate surface area is 91.6 Å². The van der Waals surface area contributed by atoms with Crippen LogP contribution in [0.4, 0.5) is 0 Å². The molecule has 1 heterocycles. The van der Waals surface area contributed by atoms with Crippen molar-refractivity contribution in [1.82, 2.24) is 9.36 Å². The quantitative estimate of drug-likeness (QED) is 0.730. The first-order valence-corrected chi connectivity index (χ1v) is 6.24. The van der Waals surface area contributed by atoms with Crippen molar-refractivity contribution in [2.24, 2.45) is 0 Å². The van der Waals surface area contributed by atoms with Crippen molar-refractivity contribution in [3.05, 3.63) is 29.8 Å². The van der Waals surface area contributed by atoms with Crippen molar-refractivity contribution in [2.45, 2.75) is 11.3 Å². The molecule has 0 aliphatic rings. The first-order chi connectivity index (χ1) is 6.79. The summed E-state index contributed by atoms with van der Waals surface area (Å²) >= 11 is 3.08. The molecular formula is C10H10N2S2. The molecule has 0 radical (unpaired) electrons. The molecule has 2 nitrogen and oxygen atoms in total. The summed E-state index contributed by atoms with van der Waals surface area (Å²) in [4.78, 5) is 4.40. The van der Waals surface area contributed by atoms with Crippen molar-refractivity contribution in [3.8, 4) is 11.4 Å². The van der Waals surface area contributed by atoms with Crippen molar-refractivity contribution in [3.63, 3.8) is 0 Å². The fourth-order valence-corrected chi connectivity index (χ4v) is 2.14. The molecule has 1 aromatic heterocycles. The van der Waals surface area contributed by atoms with Crippen LogP contribution in [0, 0.1) is 6.92 Å². The Morgan fingerprint density at radius 1 is 1.21 bits per heavy atom. The number of benzene rings is 1. The minimum absolute atomic E-state index is 0.833. The Balaban J connectivity index is 2.34. The van der Waals surface area contributed by atoms with Gasteiger partial charge in [0.15, 0.2) is 10.2 Å². The summed E-state index contributed by atoms with van der Waals surface area (Å²) in [7, 11) is 0. The van der Waals surface area contributed by atoms with E-state index in [1.54, 1.807) is 11.8 Å². The SMILES string of the molecule is CSc1nc(-c2ccc(C)cc2)ns1. The van der Waals surface area contributed by atoms with Gasteiger partial charge in [-0.25, -0.2) is 4.98 Å². The summed E-state index contributed by atoms with van der Waals surface area (Å²) in [5.41, 5.74) is 2.35. The zero-order valence-corrected chi connectivity index (χ0v) is 9.65. The number of nitrogens with zero attached hydrogens (tertiary/aromatic N) is 2. The maximum absolute atomic E-state index is 4.40. The molecule has 2 aromatic rings. The Kier molecular flexibility index (Phi) is 2.84. The van der Waals surface area contributed by atoms with E-state index >= 15 is 0 Å². The zero-order valence-electron chi connectivity index (χ0n) is 8.02. The van der Waals surface area contributed by atoms with Crippen molar-refractivity contribution >= 4 is 23.3 Å². The lowest BCUT2D eigenvalue weighted by Gasteiger charge is -1.95. The molecule has 0 amide bonds. The lowest BCUT2D eigenvalue weighted by Crippen LogP contribution is -1.80. The number of aryl methyl sites for hydroxylation is 1. The van der Waals surface area contributed by atoms with Gasteiger partial charge in [0.1, 0.15) is 0 Å². The fourth-order valence-electron chi connectivity index (χ4n) is 1.11. The molecule has 0 saturated carbocycles. The third-order valence-corrected chi connectivity index (χ3v) is 3.57. The van der Waals surface area contributed by atoms with Crippen molar-refractivity contribution in [2.75, 3.05) is 6.26 Å². The summed E-state index contributed by atoms with van der Waals surface area (Å²) in [6.45, 7) is 2.07. The number of hydrogen-bond acceptors (Lipinski definition) is 4. The predicted molar refractivity (Wildman–Crippen MR) is 61.9 cm³/mol. The standard InChI is InChI=1S/C10H10N2S2/c1-7-3-5-8(6-4-7)9-11-10(13-2)14-12-9/h3-6H,1-2H3.